The third kappa shape index (κ3) is 25.7. The summed E-state index contributed by atoms with van der Waals surface area (Å²) >= 11 is 0. The molecule has 0 fully saturated rings. The molecule has 0 aliphatic heterocycles. The molecule has 0 radical (unpaired) electrons. The Bertz CT molecular complexity index is 493. The van der Waals surface area contributed by atoms with E-state index in [4.69, 9.17) is 11.5 Å². The van der Waals surface area contributed by atoms with Crippen LogP contribution in [0.3, 0.4) is 0 Å². The molecule has 0 unspecified atom stereocenters. The summed E-state index contributed by atoms with van der Waals surface area (Å²) in [5.41, 5.74) is 12.4. The number of carbonyl (C=O) groups is 2. The number of benzene rings is 2. The van der Waals surface area contributed by atoms with Gasteiger partial charge in [-0.1, -0.05) is 69.5 Å². The van der Waals surface area contributed by atoms with Gasteiger partial charge >= 0.3 is 0 Å². The number of carbonyl (C=O) groups excluding carboxylic acids is 2. The molecule has 0 heterocycles. The minimum atomic E-state index is 0.708. The first kappa shape index (κ1) is 26.6. The molecule has 0 aliphatic rings. The molecule has 0 atom stereocenters. The second-order valence-corrected chi connectivity index (χ2v) is 5.79. The minimum Gasteiger partial charge on any atom is -0.399 e. The van der Waals surface area contributed by atoms with Crippen LogP contribution in [0, 0.1) is 0 Å². The van der Waals surface area contributed by atoms with Crippen molar-refractivity contribution in [1.29, 1.82) is 0 Å². The Kier molecular flexibility index (Phi) is 23.0. The van der Waals surface area contributed by atoms with Crippen molar-refractivity contribution in [3.8, 4) is 0 Å². The number of nitrogens with two attached hydrogens (primary N) is 2. The van der Waals surface area contributed by atoms with Crippen molar-refractivity contribution >= 4 is 23.9 Å². The van der Waals surface area contributed by atoms with Crippen LogP contribution >= 0.6 is 0 Å². The smallest absolute Gasteiger partial charge is 0.119 e. The molecule has 2 aromatic carbocycles. The van der Waals surface area contributed by atoms with Gasteiger partial charge in [0, 0.05) is 24.2 Å². The van der Waals surface area contributed by atoms with Crippen molar-refractivity contribution in [2.45, 2.75) is 58.8 Å². The number of unbranched alkanes of at least 4 members (excludes halogenated alkanes) is 5. The van der Waals surface area contributed by atoms with Gasteiger partial charge in [-0.15, -0.1) is 0 Å². The summed E-state index contributed by atoms with van der Waals surface area (Å²) in [6.07, 6.45) is 9.18. The highest BCUT2D eigenvalue weighted by molar-refractivity contribution is 5.49. The van der Waals surface area contributed by atoms with Gasteiger partial charge in [0.1, 0.15) is 12.6 Å². The molecule has 0 saturated carbocycles. The lowest BCUT2D eigenvalue weighted by Crippen LogP contribution is -1.79. The molecule has 0 aromatic heterocycles. The predicted octanol–water partition coefficient (Wildman–Crippen LogP) is 5.68. The lowest BCUT2D eigenvalue weighted by molar-refractivity contribution is -0.108. The van der Waals surface area contributed by atoms with E-state index in [0.29, 0.717) is 6.42 Å². The van der Waals surface area contributed by atoms with Crippen molar-refractivity contribution in [1.82, 2.24) is 0 Å². The van der Waals surface area contributed by atoms with Crippen LogP contribution in [0.2, 0.25) is 0 Å². The third-order valence-electron chi connectivity index (χ3n) is 3.18. The largest absolute Gasteiger partial charge is 0.399 e. The van der Waals surface area contributed by atoms with Gasteiger partial charge in [-0.25, -0.2) is 0 Å². The molecule has 2 aromatic rings. The second kappa shape index (κ2) is 23.4. The first-order valence-corrected chi connectivity index (χ1v) is 9.60. The van der Waals surface area contributed by atoms with E-state index in [9.17, 15) is 9.59 Å². The highest BCUT2D eigenvalue weighted by Crippen LogP contribution is 1.99. The molecule has 4 nitrogen and oxygen atoms in total. The average molecular weight is 373 g/mol. The number of aldehydes is 2. The first-order valence-electron chi connectivity index (χ1n) is 9.60. The predicted molar refractivity (Wildman–Crippen MR) is 118 cm³/mol. The SMILES string of the molecule is CCCC=O.CCCCCCC=O.Nc1ccccc1.Nc1ccccc1. The summed E-state index contributed by atoms with van der Waals surface area (Å²) in [5, 5.41) is 0. The van der Waals surface area contributed by atoms with Gasteiger partial charge < -0.3 is 21.1 Å². The van der Waals surface area contributed by atoms with Crippen molar-refractivity contribution < 1.29 is 9.59 Å². The van der Waals surface area contributed by atoms with Gasteiger partial charge in [-0.2, -0.15) is 0 Å². The molecule has 0 saturated heterocycles. The molecule has 2 rings (SSSR count). The van der Waals surface area contributed by atoms with Gasteiger partial charge in [0.05, 0.1) is 0 Å². The molecule has 27 heavy (non-hydrogen) atoms. The van der Waals surface area contributed by atoms with E-state index < -0.39 is 0 Å². The molecule has 0 spiro atoms. The Labute approximate surface area is 165 Å². The van der Waals surface area contributed by atoms with Gasteiger partial charge in [0.2, 0.25) is 0 Å². The molecule has 4 heteroatoms. The summed E-state index contributed by atoms with van der Waals surface area (Å²) in [4.78, 5) is 19.2. The highest BCUT2D eigenvalue weighted by atomic mass is 16.1. The number of para-hydroxylation sites is 2. The van der Waals surface area contributed by atoms with E-state index in [1.807, 2.05) is 67.6 Å². The maximum atomic E-state index is 9.77. The zero-order valence-corrected chi connectivity index (χ0v) is 16.8. The zero-order valence-electron chi connectivity index (χ0n) is 16.8. The fourth-order valence-corrected chi connectivity index (χ4v) is 1.68. The van der Waals surface area contributed by atoms with Crippen molar-refractivity contribution in [2.75, 3.05) is 11.5 Å². The number of hydrogen-bond acceptors (Lipinski definition) is 4. The third-order valence-corrected chi connectivity index (χ3v) is 3.18. The van der Waals surface area contributed by atoms with Crippen LogP contribution in [0.5, 0.6) is 0 Å². The fraction of sp³-hybridized carbons (Fsp3) is 0.391. The first-order chi connectivity index (χ1) is 13.1. The van der Waals surface area contributed by atoms with Gasteiger partial charge in [-0.05, 0) is 37.1 Å². The van der Waals surface area contributed by atoms with Crippen LogP contribution in [-0.4, -0.2) is 12.6 Å². The quantitative estimate of drug-likeness (QED) is 0.372. The van der Waals surface area contributed by atoms with Gasteiger partial charge in [0.15, 0.2) is 0 Å². The second-order valence-electron chi connectivity index (χ2n) is 5.79. The van der Waals surface area contributed by atoms with Crippen LogP contribution in [0.15, 0.2) is 60.7 Å². The molecule has 150 valence electrons. The van der Waals surface area contributed by atoms with Crippen LogP contribution in [-0.2, 0) is 9.59 Å². The standard InChI is InChI=1S/C7H14O.2C6H7N.C4H8O/c1-2-3-4-5-6-7-8;2*7-6-4-2-1-3-5-6;1-2-3-4-5/h7H,2-6H2,1H3;2*1-5H,7H2;4H,2-3H2,1H3. The van der Waals surface area contributed by atoms with Crippen LogP contribution < -0.4 is 11.5 Å². The zero-order chi connectivity index (χ0) is 20.6. The number of rotatable bonds is 7. The van der Waals surface area contributed by atoms with Crippen LogP contribution in [0.25, 0.3) is 0 Å². The highest BCUT2D eigenvalue weighted by Gasteiger charge is 1.83. The Morgan fingerprint density at radius 1 is 0.630 bits per heavy atom. The molecular weight excluding hydrogens is 336 g/mol. The Morgan fingerprint density at radius 2 is 1.07 bits per heavy atom. The number of hydrogen-bond donors (Lipinski definition) is 2. The van der Waals surface area contributed by atoms with Crippen molar-refractivity contribution in [3.05, 3.63) is 60.7 Å². The normalized spacial score (nSPS) is 8.52. The van der Waals surface area contributed by atoms with E-state index in [1.54, 1.807) is 0 Å². The summed E-state index contributed by atoms with van der Waals surface area (Å²) in [6.45, 7) is 4.15. The van der Waals surface area contributed by atoms with E-state index in [0.717, 1.165) is 43.2 Å². The summed E-state index contributed by atoms with van der Waals surface area (Å²) in [5.74, 6) is 0. The maximum absolute atomic E-state index is 9.77. The molecule has 0 aliphatic carbocycles. The van der Waals surface area contributed by atoms with E-state index in [2.05, 4.69) is 6.92 Å². The maximum Gasteiger partial charge on any atom is 0.119 e. The van der Waals surface area contributed by atoms with Crippen LogP contribution in [0.4, 0.5) is 11.4 Å². The summed E-state index contributed by atoms with van der Waals surface area (Å²) < 4.78 is 0. The molecule has 4 N–H and O–H groups in total. The molecule has 0 bridgehead atoms. The average Bonchev–Trinajstić information content (AvgIpc) is 2.69. The molecular formula is C23H36N2O2. The number of nitrogen functional groups attached to an aromatic ring is 2. The summed E-state index contributed by atoms with van der Waals surface area (Å²) in [7, 11) is 0. The minimum absolute atomic E-state index is 0.708. The molecule has 0 amide bonds. The topological polar surface area (TPSA) is 86.2 Å². The van der Waals surface area contributed by atoms with E-state index >= 15 is 0 Å². The van der Waals surface area contributed by atoms with Gasteiger partial charge in [0.25, 0.3) is 0 Å². The Balaban J connectivity index is 0. The lowest BCUT2D eigenvalue weighted by atomic mass is 10.2. The van der Waals surface area contributed by atoms with Crippen molar-refractivity contribution in [3.63, 3.8) is 0 Å². The summed E-state index contributed by atoms with van der Waals surface area (Å²) in [6, 6.07) is 19.0. The number of anilines is 2. The van der Waals surface area contributed by atoms with Crippen molar-refractivity contribution in [2.24, 2.45) is 0 Å². The van der Waals surface area contributed by atoms with E-state index in [1.165, 1.54) is 19.3 Å². The Hall–Kier alpha value is -2.62. The van der Waals surface area contributed by atoms with Gasteiger partial charge in [-0.3, -0.25) is 0 Å². The lowest BCUT2D eigenvalue weighted by Gasteiger charge is -1.90. The van der Waals surface area contributed by atoms with Crippen LogP contribution in [0.1, 0.15) is 58.8 Å². The Morgan fingerprint density at radius 3 is 1.30 bits per heavy atom. The van der Waals surface area contributed by atoms with E-state index in [-0.39, 0.29) is 0 Å². The monoisotopic (exact) mass is 372 g/mol. The fourth-order valence-electron chi connectivity index (χ4n) is 1.68.